The van der Waals surface area contributed by atoms with Gasteiger partial charge in [-0.25, -0.2) is 10.8 Å². The van der Waals surface area contributed by atoms with Crippen molar-refractivity contribution in [3.05, 3.63) is 34.9 Å². The minimum absolute atomic E-state index is 0.156. The molecular weight excluding hydrogens is 322 g/mol. The molecule has 0 atom stereocenters. The van der Waals surface area contributed by atoms with Gasteiger partial charge < -0.3 is 10.1 Å². The molecule has 20 heavy (non-hydrogen) atoms. The lowest BCUT2D eigenvalue weighted by Gasteiger charge is -2.11. The third-order valence-electron chi connectivity index (χ3n) is 2.36. The number of hydrogen-bond acceptors (Lipinski definition) is 6. The Morgan fingerprint density at radius 2 is 1.95 bits per heavy atom. The SMILES string of the molecule is CC(C)Oc1ccc(Nc2nc(NN)ncc2Br)cc1. The predicted molar refractivity (Wildman–Crippen MR) is 83.0 cm³/mol. The molecule has 0 saturated heterocycles. The number of hydrogen-bond donors (Lipinski definition) is 3. The molecule has 0 aliphatic heterocycles. The van der Waals surface area contributed by atoms with E-state index in [4.69, 9.17) is 10.6 Å². The van der Waals surface area contributed by atoms with Gasteiger partial charge >= 0.3 is 0 Å². The Morgan fingerprint density at radius 3 is 2.55 bits per heavy atom. The van der Waals surface area contributed by atoms with E-state index < -0.39 is 0 Å². The minimum Gasteiger partial charge on any atom is -0.491 e. The lowest BCUT2D eigenvalue weighted by Crippen LogP contribution is -2.11. The van der Waals surface area contributed by atoms with Crippen LogP contribution in [0.1, 0.15) is 13.8 Å². The molecule has 4 N–H and O–H groups in total. The zero-order valence-corrected chi connectivity index (χ0v) is 12.8. The van der Waals surface area contributed by atoms with Gasteiger partial charge in [0.15, 0.2) is 0 Å². The molecule has 0 unspecified atom stereocenters. The second-order valence-corrected chi connectivity index (χ2v) is 5.20. The van der Waals surface area contributed by atoms with Crippen LogP contribution in [-0.4, -0.2) is 16.1 Å². The Balaban J connectivity index is 2.13. The highest BCUT2D eigenvalue weighted by molar-refractivity contribution is 9.10. The summed E-state index contributed by atoms with van der Waals surface area (Å²) in [4.78, 5) is 8.21. The van der Waals surface area contributed by atoms with Gasteiger partial charge in [-0.2, -0.15) is 4.98 Å². The van der Waals surface area contributed by atoms with Crippen molar-refractivity contribution in [2.75, 3.05) is 10.7 Å². The van der Waals surface area contributed by atoms with E-state index in [0.29, 0.717) is 11.8 Å². The van der Waals surface area contributed by atoms with Crippen LogP contribution in [0.25, 0.3) is 0 Å². The Bertz CT molecular complexity index is 573. The molecule has 7 heteroatoms. The lowest BCUT2D eigenvalue weighted by atomic mass is 10.3. The highest BCUT2D eigenvalue weighted by Gasteiger charge is 2.05. The van der Waals surface area contributed by atoms with Crippen LogP contribution in [0.5, 0.6) is 5.75 Å². The Morgan fingerprint density at radius 1 is 1.25 bits per heavy atom. The molecule has 106 valence electrons. The number of hydrazine groups is 1. The molecule has 2 aromatic rings. The average molecular weight is 338 g/mol. The fraction of sp³-hybridized carbons (Fsp3) is 0.231. The van der Waals surface area contributed by atoms with Crippen LogP contribution in [-0.2, 0) is 0 Å². The number of nitrogens with two attached hydrogens (primary N) is 1. The summed E-state index contributed by atoms with van der Waals surface area (Å²) >= 11 is 3.38. The van der Waals surface area contributed by atoms with Crippen molar-refractivity contribution in [3.63, 3.8) is 0 Å². The maximum atomic E-state index is 5.59. The van der Waals surface area contributed by atoms with E-state index in [-0.39, 0.29) is 6.10 Å². The van der Waals surface area contributed by atoms with Crippen molar-refractivity contribution >= 4 is 33.4 Å². The highest BCUT2D eigenvalue weighted by atomic mass is 79.9. The number of ether oxygens (including phenoxy) is 1. The Hall–Kier alpha value is -1.86. The summed E-state index contributed by atoms with van der Waals surface area (Å²) in [5.41, 5.74) is 3.30. The van der Waals surface area contributed by atoms with Gasteiger partial charge in [0.25, 0.3) is 0 Å². The quantitative estimate of drug-likeness (QED) is 0.574. The van der Waals surface area contributed by atoms with Crippen molar-refractivity contribution < 1.29 is 4.74 Å². The molecule has 1 aromatic carbocycles. The molecule has 0 aliphatic rings. The first-order valence-electron chi connectivity index (χ1n) is 6.11. The molecule has 0 aliphatic carbocycles. The summed E-state index contributed by atoms with van der Waals surface area (Å²) in [5, 5.41) is 3.18. The second kappa shape index (κ2) is 6.53. The number of nitrogens with zero attached hydrogens (tertiary/aromatic N) is 2. The van der Waals surface area contributed by atoms with Crippen LogP contribution in [0.4, 0.5) is 17.5 Å². The number of aromatic nitrogens is 2. The number of benzene rings is 1. The van der Waals surface area contributed by atoms with Crippen LogP contribution in [0.3, 0.4) is 0 Å². The van der Waals surface area contributed by atoms with E-state index in [9.17, 15) is 0 Å². The molecule has 0 spiro atoms. The van der Waals surface area contributed by atoms with Gasteiger partial charge in [0.05, 0.1) is 10.6 Å². The van der Waals surface area contributed by atoms with Gasteiger partial charge in [-0.05, 0) is 54.0 Å². The number of halogens is 1. The van der Waals surface area contributed by atoms with Gasteiger partial charge in [0, 0.05) is 11.9 Å². The van der Waals surface area contributed by atoms with Gasteiger partial charge in [-0.3, -0.25) is 5.43 Å². The third kappa shape index (κ3) is 3.82. The summed E-state index contributed by atoms with van der Waals surface area (Å²) < 4.78 is 6.34. The third-order valence-corrected chi connectivity index (χ3v) is 2.94. The molecule has 1 aromatic heterocycles. The van der Waals surface area contributed by atoms with Crippen LogP contribution < -0.4 is 21.3 Å². The lowest BCUT2D eigenvalue weighted by molar-refractivity contribution is 0.242. The largest absolute Gasteiger partial charge is 0.491 e. The number of anilines is 3. The number of rotatable bonds is 5. The normalized spacial score (nSPS) is 10.4. The van der Waals surface area contributed by atoms with E-state index in [2.05, 4.69) is 36.6 Å². The second-order valence-electron chi connectivity index (χ2n) is 4.35. The summed E-state index contributed by atoms with van der Waals surface area (Å²) in [7, 11) is 0. The van der Waals surface area contributed by atoms with Crippen molar-refractivity contribution in [2.24, 2.45) is 5.84 Å². The molecule has 0 fully saturated rings. The van der Waals surface area contributed by atoms with Gasteiger partial charge in [0.1, 0.15) is 11.6 Å². The summed E-state index contributed by atoms with van der Waals surface area (Å²) in [5.74, 6) is 7.10. The molecule has 0 amide bonds. The van der Waals surface area contributed by atoms with E-state index in [1.54, 1.807) is 6.20 Å². The van der Waals surface area contributed by atoms with Gasteiger partial charge in [-0.15, -0.1) is 0 Å². The molecule has 0 saturated carbocycles. The number of nitrogens with one attached hydrogen (secondary N) is 2. The van der Waals surface area contributed by atoms with E-state index in [0.717, 1.165) is 15.9 Å². The molecule has 6 nitrogen and oxygen atoms in total. The molecule has 0 radical (unpaired) electrons. The van der Waals surface area contributed by atoms with Crippen molar-refractivity contribution in [2.45, 2.75) is 20.0 Å². The Kier molecular flexibility index (Phi) is 4.75. The first-order valence-corrected chi connectivity index (χ1v) is 6.90. The Labute approximate surface area is 125 Å². The number of nitrogen functional groups attached to an aromatic ring is 1. The summed E-state index contributed by atoms with van der Waals surface area (Å²) in [6.07, 6.45) is 1.78. The monoisotopic (exact) mass is 337 g/mol. The summed E-state index contributed by atoms with van der Waals surface area (Å²) in [6, 6.07) is 7.64. The zero-order valence-electron chi connectivity index (χ0n) is 11.2. The van der Waals surface area contributed by atoms with E-state index in [1.165, 1.54) is 0 Å². The van der Waals surface area contributed by atoms with Crippen LogP contribution in [0.15, 0.2) is 34.9 Å². The fourth-order valence-corrected chi connectivity index (χ4v) is 1.84. The standard InChI is InChI=1S/C13H16BrN5O/c1-8(2)20-10-5-3-9(4-6-10)17-12-11(14)7-16-13(18-12)19-15/h3-8H,15H2,1-2H3,(H2,16,17,18,19). The molecule has 0 bridgehead atoms. The highest BCUT2D eigenvalue weighted by Crippen LogP contribution is 2.25. The smallest absolute Gasteiger partial charge is 0.239 e. The van der Waals surface area contributed by atoms with E-state index >= 15 is 0 Å². The average Bonchev–Trinajstić information content (AvgIpc) is 2.43. The molecule has 2 rings (SSSR count). The van der Waals surface area contributed by atoms with E-state index in [1.807, 2.05) is 38.1 Å². The summed E-state index contributed by atoms with van der Waals surface area (Å²) in [6.45, 7) is 3.98. The first-order chi connectivity index (χ1) is 9.58. The van der Waals surface area contributed by atoms with Crippen molar-refractivity contribution in [1.29, 1.82) is 0 Å². The molecule has 1 heterocycles. The van der Waals surface area contributed by atoms with Gasteiger partial charge in [-0.1, -0.05) is 0 Å². The fourth-order valence-electron chi connectivity index (χ4n) is 1.55. The minimum atomic E-state index is 0.156. The maximum absolute atomic E-state index is 5.59. The zero-order chi connectivity index (χ0) is 14.5. The van der Waals surface area contributed by atoms with Crippen LogP contribution >= 0.6 is 15.9 Å². The maximum Gasteiger partial charge on any atom is 0.239 e. The molecular formula is C13H16BrN5O. The first kappa shape index (κ1) is 14.5. The predicted octanol–water partition coefficient (Wildman–Crippen LogP) is 3.06. The van der Waals surface area contributed by atoms with Crippen LogP contribution in [0, 0.1) is 0 Å². The van der Waals surface area contributed by atoms with Crippen molar-refractivity contribution in [1.82, 2.24) is 9.97 Å². The van der Waals surface area contributed by atoms with Crippen LogP contribution in [0.2, 0.25) is 0 Å². The topological polar surface area (TPSA) is 85.1 Å². The van der Waals surface area contributed by atoms with Gasteiger partial charge in [0.2, 0.25) is 5.95 Å². The van der Waals surface area contributed by atoms with Crippen molar-refractivity contribution in [3.8, 4) is 5.75 Å².